The molecule has 0 aromatic heterocycles. The maximum Gasteiger partial charge on any atom is 0.561 e. The highest BCUT2D eigenvalue weighted by molar-refractivity contribution is 5.78. The summed E-state index contributed by atoms with van der Waals surface area (Å²) in [6.07, 6.45) is -1.08. The van der Waals surface area contributed by atoms with E-state index in [1.807, 2.05) is 0 Å². The zero-order valence-electron chi connectivity index (χ0n) is 4.77. The average molecular weight is 147 g/mol. The first-order valence-electron chi connectivity index (χ1n) is 2.19. The molecule has 1 heterocycles. The first-order chi connectivity index (χ1) is 4.61. The van der Waals surface area contributed by atoms with E-state index in [4.69, 9.17) is 17.1 Å². The van der Waals surface area contributed by atoms with E-state index in [9.17, 15) is 4.79 Å². The van der Waals surface area contributed by atoms with Gasteiger partial charge in [-0.25, -0.2) is 11.7 Å². The molecule has 0 aromatic carbocycles. The third kappa shape index (κ3) is 0.921. The lowest BCUT2D eigenvalue weighted by molar-refractivity contribution is -0.193. The van der Waals surface area contributed by atoms with Gasteiger partial charge in [-0.1, -0.05) is 10.3 Å². The van der Waals surface area contributed by atoms with Crippen molar-refractivity contribution in [3.63, 3.8) is 0 Å². The molecule has 1 fully saturated rings. The Bertz CT molecular complexity index is 164. The van der Waals surface area contributed by atoms with Gasteiger partial charge >= 0.3 is 6.16 Å². The monoisotopic (exact) mass is 147 g/mol. The number of hydroxylamine groups is 2. The lowest BCUT2D eigenvalue weighted by Gasteiger charge is -2.27. The van der Waals surface area contributed by atoms with Crippen molar-refractivity contribution in [1.82, 2.24) is 10.3 Å². The molecule has 56 valence electrons. The molecule has 1 aliphatic rings. The molecular formula is C2H5N5O3. The van der Waals surface area contributed by atoms with Gasteiger partial charge in [0.2, 0.25) is 0 Å². The smallest absolute Gasteiger partial charge is 0.285 e. The van der Waals surface area contributed by atoms with Crippen LogP contribution < -0.4 is 11.7 Å². The summed E-state index contributed by atoms with van der Waals surface area (Å²) in [7, 11) is 0. The minimum absolute atomic E-state index is 0.381. The predicted octanol–water partition coefficient (Wildman–Crippen LogP) is -1.73. The number of hydrogen-bond donors (Lipinski definition) is 3. The highest BCUT2D eigenvalue weighted by Crippen LogP contribution is 1.99. The van der Waals surface area contributed by atoms with Crippen LogP contribution in [0.5, 0.6) is 0 Å². The predicted molar refractivity (Wildman–Crippen MR) is 27.3 cm³/mol. The highest BCUT2D eigenvalue weighted by atomic mass is 16.9. The molecule has 0 amide bonds. The van der Waals surface area contributed by atoms with Gasteiger partial charge in [0.15, 0.2) is 0 Å². The number of nitrogens with zero attached hydrogens (tertiary/aromatic N) is 2. The molecule has 10 heavy (non-hydrogen) atoms. The summed E-state index contributed by atoms with van der Waals surface area (Å²) in [5, 5.41) is 7.65. The maximum atomic E-state index is 10.2. The second-order valence-corrected chi connectivity index (χ2v) is 1.41. The van der Waals surface area contributed by atoms with Crippen molar-refractivity contribution in [1.29, 1.82) is 5.41 Å². The van der Waals surface area contributed by atoms with Crippen LogP contribution in [-0.2, 0) is 9.68 Å². The van der Waals surface area contributed by atoms with Gasteiger partial charge in [0.1, 0.15) is 0 Å². The first-order valence-corrected chi connectivity index (χ1v) is 2.19. The molecule has 8 nitrogen and oxygen atoms in total. The number of guanidine groups is 1. The number of hydrogen-bond acceptors (Lipinski definition) is 6. The molecule has 0 saturated carbocycles. The molecule has 8 heteroatoms. The number of nitrogens with two attached hydrogens (primary N) is 2. The minimum atomic E-state index is -1.08. The van der Waals surface area contributed by atoms with Gasteiger partial charge in [0.25, 0.3) is 5.96 Å². The van der Waals surface area contributed by atoms with Gasteiger partial charge in [-0.3, -0.25) is 15.1 Å². The average Bonchev–Trinajstić information content (AvgIpc) is 1.82. The summed E-state index contributed by atoms with van der Waals surface area (Å²) in [5.41, 5.74) is 0. The van der Waals surface area contributed by atoms with Crippen molar-refractivity contribution in [2.45, 2.75) is 0 Å². The van der Waals surface area contributed by atoms with Crippen LogP contribution in [0, 0.1) is 5.41 Å². The van der Waals surface area contributed by atoms with E-state index in [2.05, 4.69) is 9.68 Å². The molecule has 0 aliphatic carbocycles. The molecule has 0 spiro atoms. The summed E-state index contributed by atoms with van der Waals surface area (Å²) >= 11 is 0. The summed E-state index contributed by atoms with van der Waals surface area (Å²) in [4.78, 5) is 18.4. The van der Waals surface area contributed by atoms with E-state index >= 15 is 0 Å². The molecule has 0 radical (unpaired) electrons. The number of rotatable bonds is 0. The quantitative estimate of drug-likeness (QED) is 0.348. The highest BCUT2D eigenvalue weighted by Gasteiger charge is 2.27. The first kappa shape index (κ1) is 6.58. The van der Waals surface area contributed by atoms with Gasteiger partial charge in [0.05, 0.1) is 0 Å². The fourth-order valence-corrected chi connectivity index (χ4v) is 0.361. The molecule has 0 aromatic rings. The van der Waals surface area contributed by atoms with E-state index in [1.54, 1.807) is 0 Å². The Balaban J connectivity index is 2.66. The molecule has 1 aliphatic heterocycles. The fraction of sp³-hybridized carbons (Fsp3) is 0. The zero-order valence-corrected chi connectivity index (χ0v) is 4.77. The van der Waals surface area contributed by atoms with Crippen LogP contribution in [0.1, 0.15) is 0 Å². The van der Waals surface area contributed by atoms with Crippen LogP contribution >= 0.6 is 0 Å². The summed E-state index contributed by atoms with van der Waals surface area (Å²) in [6.45, 7) is 0. The van der Waals surface area contributed by atoms with E-state index in [-0.39, 0.29) is 0 Å². The Morgan fingerprint density at radius 2 is 1.70 bits per heavy atom. The Kier molecular flexibility index (Phi) is 1.32. The second kappa shape index (κ2) is 2.01. The molecule has 0 unspecified atom stereocenters. The Morgan fingerprint density at radius 1 is 1.30 bits per heavy atom. The van der Waals surface area contributed by atoms with Gasteiger partial charge in [-0.2, -0.15) is 4.79 Å². The zero-order chi connectivity index (χ0) is 7.72. The molecule has 0 atom stereocenters. The topological polar surface area (TPSA) is 118 Å². The summed E-state index contributed by atoms with van der Waals surface area (Å²) in [5.74, 6) is 9.37. The lowest BCUT2D eigenvalue weighted by Crippen LogP contribution is -2.56. The standard InChI is InChI=1S/C2H5N5O3/c3-1-6(4)9-2(8)10-7(1)5/h3H,4-5H2. The number of nitrogens with one attached hydrogen (secondary N) is 1. The Labute approximate surface area is 55.2 Å². The normalized spacial score (nSPS) is 18.6. The number of hydrazine groups is 2. The summed E-state index contributed by atoms with van der Waals surface area (Å²) < 4.78 is 0. The van der Waals surface area contributed by atoms with Gasteiger partial charge < -0.3 is 0 Å². The number of carbonyl (C=O) groups excluding carboxylic acids is 1. The largest absolute Gasteiger partial charge is 0.561 e. The van der Waals surface area contributed by atoms with Crippen molar-refractivity contribution in [3.8, 4) is 0 Å². The van der Waals surface area contributed by atoms with Crippen LogP contribution in [0.15, 0.2) is 0 Å². The van der Waals surface area contributed by atoms with Gasteiger partial charge in [-0.05, 0) is 0 Å². The van der Waals surface area contributed by atoms with Crippen LogP contribution in [0.3, 0.4) is 0 Å². The molecular weight excluding hydrogens is 142 g/mol. The van der Waals surface area contributed by atoms with Crippen molar-refractivity contribution in [2.24, 2.45) is 11.7 Å². The van der Waals surface area contributed by atoms with E-state index < -0.39 is 12.1 Å². The van der Waals surface area contributed by atoms with Crippen LogP contribution in [0.2, 0.25) is 0 Å². The van der Waals surface area contributed by atoms with E-state index in [1.165, 1.54) is 0 Å². The SMILES string of the molecule is N=C1N(N)OC(=O)ON1N. The fourth-order valence-electron chi connectivity index (χ4n) is 0.361. The molecule has 0 bridgehead atoms. The third-order valence-corrected chi connectivity index (χ3v) is 0.763. The van der Waals surface area contributed by atoms with E-state index in [0.29, 0.717) is 10.3 Å². The van der Waals surface area contributed by atoms with Gasteiger partial charge in [0, 0.05) is 0 Å². The Morgan fingerprint density at radius 3 is 2.10 bits per heavy atom. The van der Waals surface area contributed by atoms with Crippen molar-refractivity contribution in [3.05, 3.63) is 0 Å². The third-order valence-electron chi connectivity index (χ3n) is 0.763. The maximum absolute atomic E-state index is 10.2. The molecule has 5 N–H and O–H groups in total. The van der Waals surface area contributed by atoms with E-state index in [0.717, 1.165) is 0 Å². The Hall–Kier alpha value is -1.54. The molecule has 1 rings (SSSR count). The second-order valence-electron chi connectivity index (χ2n) is 1.41. The lowest BCUT2D eigenvalue weighted by atomic mass is 11.0. The molecule has 1 saturated heterocycles. The van der Waals surface area contributed by atoms with Crippen molar-refractivity contribution < 1.29 is 14.5 Å². The summed E-state index contributed by atoms with van der Waals surface area (Å²) in [6, 6.07) is 0. The number of carbonyl (C=O) groups is 1. The van der Waals surface area contributed by atoms with Crippen LogP contribution in [0.4, 0.5) is 4.79 Å². The van der Waals surface area contributed by atoms with Crippen LogP contribution in [-0.4, -0.2) is 22.5 Å². The minimum Gasteiger partial charge on any atom is -0.285 e. The van der Waals surface area contributed by atoms with Crippen LogP contribution in [0.25, 0.3) is 0 Å². The van der Waals surface area contributed by atoms with Crippen molar-refractivity contribution >= 4 is 12.1 Å². The van der Waals surface area contributed by atoms with Crippen molar-refractivity contribution in [2.75, 3.05) is 0 Å². The van der Waals surface area contributed by atoms with Gasteiger partial charge in [-0.15, -0.1) is 0 Å².